The van der Waals surface area contributed by atoms with Crippen LogP contribution in [0.2, 0.25) is 10.0 Å². The van der Waals surface area contributed by atoms with Crippen LogP contribution in [-0.4, -0.2) is 19.8 Å². The summed E-state index contributed by atoms with van der Waals surface area (Å²) < 4.78 is 26.1. The first kappa shape index (κ1) is 17.8. The van der Waals surface area contributed by atoms with E-state index in [2.05, 4.69) is 0 Å². The lowest BCUT2D eigenvalue weighted by atomic mass is 10.2. The first-order valence-corrected chi connectivity index (χ1v) is 9.05. The van der Waals surface area contributed by atoms with E-state index in [4.69, 9.17) is 28.5 Å². The molecule has 7 heteroatoms. The number of hydrogen-bond donors (Lipinski definition) is 0. The van der Waals surface area contributed by atoms with E-state index >= 15 is 0 Å². The normalized spacial score (nSPS) is 11.4. The maximum atomic E-state index is 12.4. The highest BCUT2D eigenvalue weighted by atomic mass is 35.5. The summed E-state index contributed by atoms with van der Waals surface area (Å²) in [6.07, 6.45) is 0. The molecule has 0 saturated heterocycles. The Balaban J connectivity index is 2.14. The summed E-state index contributed by atoms with van der Waals surface area (Å²) in [6.45, 7) is 0.192. The minimum atomic E-state index is -3.51. The van der Waals surface area contributed by atoms with Crippen molar-refractivity contribution < 1.29 is 8.42 Å². The van der Waals surface area contributed by atoms with Crippen LogP contribution >= 0.6 is 23.2 Å². The van der Waals surface area contributed by atoms with Crippen LogP contribution in [0.1, 0.15) is 16.7 Å². The number of sulfonamides is 1. The van der Waals surface area contributed by atoms with E-state index in [0.717, 1.165) is 5.56 Å². The van der Waals surface area contributed by atoms with Crippen molar-refractivity contribution in [1.29, 1.82) is 5.26 Å². The van der Waals surface area contributed by atoms with Crippen LogP contribution in [-0.2, 0) is 22.3 Å². The fourth-order valence-electron chi connectivity index (χ4n) is 2.04. The van der Waals surface area contributed by atoms with Crippen LogP contribution in [0.3, 0.4) is 0 Å². The highest BCUT2D eigenvalue weighted by molar-refractivity contribution is 7.88. The average Bonchev–Trinajstić information content (AvgIpc) is 2.50. The lowest BCUT2D eigenvalue weighted by molar-refractivity contribution is 0.466. The highest BCUT2D eigenvalue weighted by Gasteiger charge is 2.19. The molecule has 0 bridgehead atoms. The number of nitrogens with zero attached hydrogens (tertiary/aromatic N) is 2. The van der Waals surface area contributed by atoms with E-state index in [9.17, 15) is 8.42 Å². The van der Waals surface area contributed by atoms with E-state index in [-0.39, 0.29) is 12.3 Å². The van der Waals surface area contributed by atoms with E-state index in [1.165, 1.54) is 11.4 Å². The predicted molar refractivity (Wildman–Crippen MR) is 91.7 cm³/mol. The molecule has 0 N–H and O–H groups in total. The molecule has 2 aromatic carbocycles. The maximum Gasteiger partial charge on any atom is 0.218 e. The van der Waals surface area contributed by atoms with Crippen molar-refractivity contribution in [2.24, 2.45) is 0 Å². The van der Waals surface area contributed by atoms with Crippen molar-refractivity contribution in [3.63, 3.8) is 0 Å². The smallest absolute Gasteiger partial charge is 0.212 e. The second kappa shape index (κ2) is 7.33. The molecule has 0 spiro atoms. The average molecular weight is 369 g/mol. The van der Waals surface area contributed by atoms with Crippen LogP contribution in [0, 0.1) is 11.3 Å². The third-order valence-electron chi connectivity index (χ3n) is 3.27. The van der Waals surface area contributed by atoms with Gasteiger partial charge in [-0.25, -0.2) is 12.7 Å². The van der Waals surface area contributed by atoms with E-state index in [0.29, 0.717) is 21.2 Å². The van der Waals surface area contributed by atoms with Crippen LogP contribution in [0.4, 0.5) is 0 Å². The SMILES string of the molecule is CN(Cc1ccc(Cl)c(Cl)c1)S(=O)(=O)Cc1cccc(C#N)c1. The molecule has 0 saturated carbocycles. The van der Waals surface area contributed by atoms with Gasteiger partial charge in [0.1, 0.15) is 0 Å². The Labute approximate surface area is 145 Å². The van der Waals surface area contributed by atoms with Gasteiger partial charge in [-0.15, -0.1) is 0 Å². The molecule has 0 aromatic heterocycles. The summed E-state index contributed by atoms with van der Waals surface area (Å²) in [6, 6.07) is 13.6. The maximum absolute atomic E-state index is 12.4. The van der Waals surface area contributed by atoms with Crippen molar-refractivity contribution in [2.45, 2.75) is 12.3 Å². The van der Waals surface area contributed by atoms with Gasteiger partial charge in [0.25, 0.3) is 0 Å². The molecule has 0 atom stereocenters. The second-order valence-corrected chi connectivity index (χ2v) is 7.96. The molecule has 2 rings (SSSR count). The number of benzene rings is 2. The van der Waals surface area contributed by atoms with E-state index in [1.54, 1.807) is 42.5 Å². The molecule has 0 radical (unpaired) electrons. The zero-order valence-corrected chi connectivity index (χ0v) is 14.7. The predicted octanol–water partition coefficient (Wildman–Crippen LogP) is 3.83. The van der Waals surface area contributed by atoms with Gasteiger partial charge in [-0.2, -0.15) is 5.26 Å². The van der Waals surface area contributed by atoms with Crippen molar-refractivity contribution >= 4 is 33.2 Å². The Morgan fingerprint density at radius 2 is 1.83 bits per heavy atom. The van der Waals surface area contributed by atoms with Crippen LogP contribution in [0.25, 0.3) is 0 Å². The minimum absolute atomic E-state index is 0.166. The zero-order chi connectivity index (χ0) is 17.0. The van der Waals surface area contributed by atoms with Gasteiger partial charge in [-0.05, 0) is 35.4 Å². The Morgan fingerprint density at radius 3 is 2.48 bits per heavy atom. The lowest BCUT2D eigenvalue weighted by Gasteiger charge is -2.17. The Hall–Kier alpha value is -1.58. The third kappa shape index (κ3) is 4.69. The summed E-state index contributed by atoms with van der Waals surface area (Å²) in [5.74, 6) is -0.166. The molecule has 23 heavy (non-hydrogen) atoms. The van der Waals surface area contributed by atoms with E-state index in [1.807, 2.05) is 6.07 Å². The molecule has 0 aliphatic heterocycles. The Morgan fingerprint density at radius 1 is 1.09 bits per heavy atom. The van der Waals surface area contributed by atoms with Gasteiger partial charge in [0.15, 0.2) is 0 Å². The van der Waals surface area contributed by atoms with Gasteiger partial charge in [-0.3, -0.25) is 0 Å². The summed E-state index contributed by atoms with van der Waals surface area (Å²) in [5.41, 5.74) is 1.76. The van der Waals surface area contributed by atoms with Crippen LogP contribution in [0.15, 0.2) is 42.5 Å². The number of nitriles is 1. The Kier molecular flexibility index (Phi) is 5.66. The number of hydrogen-bond acceptors (Lipinski definition) is 3. The molecule has 4 nitrogen and oxygen atoms in total. The lowest BCUT2D eigenvalue weighted by Crippen LogP contribution is -2.27. The van der Waals surface area contributed by atoms with Crippen molar-refractivity contribution in [3.8, 4) is 6.07 Å². The number of rotatable bonds is 5. The fourth-order valence-corrected chi connectivity index (χ4v) is 3.53. The first-order chi connectivity index (χ1) is 10.8. The molecule has 0 aliphatic rings. The fraction of sp³-hybridized carbons (Fsp3) is 0.188. The standard InChI is InChI=1S/C16H14Cl2N2O2S/c1-20(10-13-5-6-15(17)16(18)8-13)23(21,22)11-14-4-2-3-12(7-14)9-19/h2-8H,10-11H2,1H3. The van der Waals surface area contributed by atoms with Crippen molar-refractivity contribution in [3.05, 3.63) is 69.2 Å². The second-order valence-electron chi connectivity index (χ2n) is 5.07. The molecule has 0 unspecified atom stereocenters. The van der Waals surface area contributed by atoms with Gasteiger partial charge >= 0.3 is 0 Å². The minimum Gasteiger partial charge on any atom is -0.212 e. The molecule has 0 aliphatic carbocycles. The van der Waals surface area contributed by atoms with Crippen molar-refractivity contribution in [1.82, 2.24) is 4.31 Å². The molecular weight excluding hydrogens is 355 g/mol. The van der Waals surface area contributed by atoms with E-state index < -0.39 is 10.0 Å². The van der Waals surface area contributed by atoms with Gasteiger partial charge in [0.05, 0.1) is 27.4 Å². The van der Waals surface area contributed by atoms with Gasteiger partial charge in [0.2, 0.25) is 10.0 Å². The van der Waals surface area contributed by atoms with Crippen LogP contribution in [0.5, 0.6) is 0 Å². The zero-order valence-electron chi connectivity index (χ0n) is 12.3. The topological polar surface area (TPSA) is 61.2 Å². The highest BCUT2D eigenvalue weighted by Crippen LogP contribution is 2.24. The van der Waals surface area contributed by atoms with Gasteiger partial charge in [0, 0.05) is 13.6 Å². The molecule has 0 amide bonds. The first-order valence-electron chi connectivity index (χ1n) is 6.69. The van der Waals surface area contributed by atoms with Gasteiger partial charge in [-0.1, -0.05) is 41.4 Å². The summed E-state index contributed by atoms with van der Waals surface area (Å²) in [7, 11) is -2.01. The largest absolute Gasteiger partial charge is 0.218 e. The summed E-state index contributed by atoms with van der Waals surface area (Å²) in [5, 5.41) is 9.69. The van der Waals surface area contributed by atoms with Gasteiger partial charge < -0.3 is 0 Å². The van der Waals surface area contributed by atoms with Crippen LogP contribution < -0.4 is 0 Å². The molecule has 0 fully saturated rings. The van der Waals surface area contributed by atoms with Crippen molar-refractivity contribution in [2.75, 3.05) is 7.05 Å². The summed E-state index contributed by atoms with van der Waals surface area (Å²) >= 11 is 11.8. The molecular formula is C16H14Cl2N2O2S. The molecule has 120 valence electrons. The number of halogens is 2. The monoisotopic (exact) mass is 368 g/mol. The molecule has 2 aromatic rings. The third-order valence-corrected chi connectivity index (χ3v) is 5.79. The Bertz CT molecular complexity index is 861. The summed E-state index contributed by atoms with van der Waals surface area (Å²) in [4.78, 5) is 0. The molecule has 0 heterocycles. The quantitative estimate of drug-likeness (QED) is 0.805.